The maximum absolute atomic E-state index is 12.8. The maximum atomic E-state index is 12.8. The third kappa shape index (κ3) is 5.22. The first-order valence-electron chi connectivity index (χ1n) is 10.7. The highest BCUT2D eigenvalue weighted by atomic mass is 35.5. The van der Waals surface area contributed by atoms with Crippen LogP contribution in [0.4, 0.5) is 11.4 Å². The number of methoxy groups -OCH3 is 2. The summed E-state index contributed by atoms with van der Waals surface area (Å²) in [5, 5.41) is 3.18. The van der Waals surface area contributed by atoms with E-state index in [9.17, 15) is 14.4 Å². The second kappa shape index (κ2) is 10.6. The molecule has 1 aliphatic heterocycles. The van der Waals surface area contributed by atoms with Gasteiger partial charge in [-0.25, -0.2) is 0 Å². The van der Waals surface area contributed by atoms with Crippen molar-refractivity contribution < 1.29 is 23.9 Å². The predicted octanol–water partition coefficient (Wildman–Crippen LogP) is 3.83. The van der Waals surface area contributed by atoms with Crippen LogP contribution in [0.5, 0.6) is 11.5 Å². The number of hydrogen-bond donors (Lipinski definition) is 1. The van der Waals surface area contributed by atoms with Gasteiger partial charge in [-0.2, -0.15) is 0 Å². The summed E-state index contributed by atoms with van der Waals surface area (Å²) in [6, 6.07) is 9.96. The van der Waals surface area contributed by atoms with Crippen LogP contribution in [-0.2, 0) is 9.59 Å². The Morgan fingerprint density at radius 2 is 1.73 bits per heavy atom. The first-order chi connectivity index (χ1) is 15.8. The van der Waals surface area contributed by atoms with E-state index in [1.165, 1.54) is 19.1 Å². The quantitative estimate of drug-likeness (QED) is 0.629. The van der Waals surface area contributed by atoms with Crippen LogP contribution in [0.15, 0.2) is 36.4 Å². The van der Waals surface area contributed by atoms with E-state index in [0.717, 1.165) is 0 Å². The number of amides is 3. The van der Waals surface area contributed by atoms with Gasteiger partial charge >= 0.3 is 0 Å². The summed E-state index contributed by atoms with van der Waals surface area (Å²) >= 11 is 6.24. The fourth-order valence-electron chi connectivity index (χ4n) is 3.80. The lowest BCUT2D eigenvalue weighted by Crippen LogP contribution is -2.30. The molecule has 2 aromatic carbocycles. The molecule has 0 radical (unpaired) electrons. The summed E-state index contributed by atoms with van der Waals surface area (Å²) < 4.78 is 10.6. The van der Waals surface area contributed by atoms with Crippen LogP contribution >= 0.6 is 11.6 Å². The van der Waals surface area contributed by atoms with Crippen molar-refractivity contribution in [1.29, 1.82) is 0 Å². The van der Waals surface area contributed by atoms with E-state index in [-0.39, 0.29) is 30.7 Å². The van der Waals surface area contributed by atoms with Crippen molar-refractivity contribution in [3.8, 4) is 11.5 Å². The SMILES string of the molecule is CCN(CC)C(=O)c1ccc(NC(=O)C2CC(=O)N(c3cc(Cl)c(OC)cc3OC)C2)cc1. The fraction of sp³-hybridized carbons (Fsp3) is 0.375. The molecule has 1 N–H and O–H groups in total. The van der Waals surface area contributed by atoms with E-state index in [1.807, 2.05) is 13.8 Å². The third-order valence-corrected chi connectivity index (χ3v) is 5.99. The number of rotatable bonds is 8. The number of halogens is 1. The average molecular weight is 474 g/mol. The molecule has 0 spiro atoms. The number of nitrogens with one attached hydrogen (secondary N) is 1. The van der Waals surface area contributed by atoms with Gasteiger partial charge in [-0.05, 0) is 44.2 Å². The van der Waals surface area contributed by atoms with Gasteiger partial charge in [0.25, 0.3) is 5.91 Å². The molecular formula is C24H28ClN3O5. The number of carbonyl (C=O) groups excluding carboxylic acids is 3. The minimum absolute atomic E-state index is 0.0537. The fourth-order valence-corrected chi connectivity index (χ4v) is 4.04. The van der Waals surface area contributed by atoms with Gasteiger partial charge in [0, 0.05) is 43.4 Å². The Labute approximate surface area is 198 Å². The molecule has 1 saturated heterocycles. The van der Waals surface area contributed by atoms with Crippen LogP contribution < -0.4 is 19.7 Å². The van der Waals surface area contributed by atoms with Crippen LogP contribution in [0.25, 0.3) is 0 Å². The molecule has 3 rings (SSSR count). The van der Waals surface area contributed by atoms with Crippen LogP contribution in [0.2, 0.25) is 5.02 Å². The number of carbonyl (C=O) groups is 3. The van der Waals surface area contributed by atoms with Gasteiger partial charge in [-0.3, -0.25) is 14.4 Å². The minimum atomic E-state index is -0.542. The summed E-state index contributed by atoms with van der Waals surface area (Å²) in [6.45, 7) is 5.31. The van der Waals surface area contributed by atoms with Crippen LogP contribution in [-0.4, -0.2) is 56.5 Å². The summed E-state index contributed by atoms with van der Waals surface area (Å²) in [6.07, 6.45) is 0.0666. The molecule has 33 heavy (non-hydrogen) atoms. The Morgan fingerprint density at radius 3 is 2.30 bits per heavy atom. The van der Waals surface area contributed by atoms with Crippen molar-refractivity contribution in [3.05, 3.63) is 47.0 Å². The molecule has 2 aromatic rings. The largest absolute Gasteiger partial charge is 0.495 e. The highest BCUT2D eigenvalue weighted by molar-refractivity contribution is 6.32. The highest BCUT2D eigenvalue weighted by Crippen LogP contribution is 2.40. The second-order valence-electron chi connectivity index (χ2n) is 7.61. The molecule has 3 amide bonds. The molecular weight excluding hydrogens is 446 g/mol. The van der Waals surface area contributed by atoms with Gasteiger partial charge in [-0.1, -0.05) is 11.6 Å². The number of nitrogens with zero attached hydrogens (tertiary/aromatic N) is 2. The molecule has 1 aliphatic rings. The lowest BCUT2D eigenvalue weighted by atomic mass is 10.1. The van der Waals surface area contributed by atoms with Gasteiger partial charge < -0.3 is 24.6 Å². The van der Waals surface area contributed by atoms with Crippen molar-refractivity contribution in [1.82, 2.24) is 4.90 Å². The molecule has 9 heteroatoms. The van der Waals surface area contributed by atoms with Gasteiger partial charge in [0.1, 0.15) is 11.5 Å². The lowest BCUT2D eigenvalue weighted by Gasteiger charge is -2.21. The Kier molecular flexibility index (Phi) is 7.81. The number of benzene rings is 2. The van der Waals surface area contributed by atoms with E-state index in [1.54, 1.807) is 41.3 Å². The Morgan fingerprint density at radius 1 is 1.09 bits per heavy atom. The number of hydrogen-bond acceptors (Lipinski definition) is 5. The standard InChI is InChI=1S/C24H28ClN3O5/c1-5-27(6-2)24(31)15-7-9-17(10-8-15)26-23(30)16-11-22(29)28(14-16)19-12-18(25)20(32-3)13-21(19)33-4/h7-10,12-13,16H,5-6,11,14H2,1-4H3,(H,26,30). The van der Waals surface area contributed by atoms with Crippen molar-refractivity contribution >= 4 is 40.7 Å². The smallest absolute Gasteiger partial charge is 0.253 e. The zero-order valence-electron chi connectivity index (χ0n) is 19.2. The van der Waals surface area contributed by atoms with E-state index in [0.29, 0.717) is 46.5 Å². The second-order valence-corrected chi connectivity index (χ2v) is 8.02. The molecule has 1 heterocycles. The van der Waals surface area contributed by atoms with E-state index in [4.69, 9.17) is 21.1 Å². The molecule has 176 valence electrons. The lowest BCUT2D eigenvalue weighted by molar-refractivity contribution is -0.122. The minimum Gasteiger partial charge on any atom is -0.495 e. The number of ether oxygens (including phenoxy) is 2. The first-order valence-corrected chi connectivity index (χ1v) is 11.1. The summed E-state index contributed by atoms with van der Waals surface area (Å²) in [5.74, 6) is -0.204. The molecule has 8 nitrogen and oxygen atoms in total. The van der Waals surface area contributed by atoms with Gasteiger partial charge in [0.05, 0.1) is 30.8 Å². The normalized spacial score (nSPS) is 15.4. The molecule has 1 unspecified atom stereocenters. The van der Waals surface area contributed by atoms with Crippen molar-refractivity contribution in [2.45, 2.75) is 20.3 Å². The molecule has 1 fully saturated rings. The molecule has 0 saturated carbocycles. The van der Waals surface area contributed by atoms with E-state index < -0.39 is 5.92 Å². The number of anilines is 2. The van der Waals surface area contributed by atoms with E-state index >= 15 is 0 Å². The van der Waals surface area contributed by atoms with Crippen molar-refractivity contribution in [2.75, 3.05) is 44.1 Å². The van der Waals surface area contributed by atoms with Crippen LogP contribution in [0, 0.1) is 5.92 Å². The monoisotopic (exact) mass is 473 g/mol. The Hall–Kier alpha value is -3.26. The Balaban J connectivity index is 1.70. The average Bonchev–Trinajstić information content (AvgIpc) is 3.21. The van der Waals surface area contributed by atoms with Gasteiger partial charge in [-0.15, -0.1) is 0 Å². The maximum Gasteiger partial charge on any atom is 0.253 e. The highest BCUT2D eigenvalue weighted by Gasteiger charge is 2.36. The van der Waals surface area contributed by atoms with Gasteiger partial charge in [0.15, 0.2) is 0 Å². The van der Waals surface area contributed by atoms with Crippen LogP contribution in [0.3, 0.4) is 0 Å². The van der Waals surface area contributed by atoms with Crippen molar-refractivity contribution in [3.63, 3.8) is 0 Å². The molecule has 1 atom stereocenters. The van der Waals surface area contributed by atoms with Crippen molar-refractivity contribution in [2.24, 2.45) is 5.92 Å². The topological polar surface area (TPSA) is 88.2 Å². The zero-order valence-corrected chi connectivity index (χ0v) is 19.9. The summed E-state index contributed by atoms with van der Waals surface area (Å²) in [7, 11) is 2.99. The molecule has 0 aliphatic carbocycles. The first kappa shape index (κ1) is 24.4. The van der Waals surface area contributed by atoms with Gasteiger partial charge in [0.2, 0.25) is 11.8 Å². The summed E-state index contributed by atoms with van der Waals surface area (Å²) in [4.78, 5) is 41.2. The predicted molar refractivity (Wildman–Crippen MR) is 127 cm³/mol. The molecule has 0 bridgehead atoms. The summed E-state index contributed by atoms with van der Waals surface area (Å²) in [5.41, 5.74) is 1.61. The van der Waals surface area contributed by atoms with E-state index in [2.05, 4.69) is 5.32 Å². The molecule has 0 aromatic heterocycles. The third-order valence-electron chi connectivity index (χ3n) is 5.69. The van der Waals surface area contributed by atoms with Crippen LogP contribution in [0.1, 0.15) is 30.6 Å². The Bertz CT molecular complexity index is 1040. The zero-order chi connectivity index (χ0) is 24.1.